The molecule has 0 radical (unpaired) electrons. The summed E-state index contributed by atoms with van der Waals surface area (Å²) in [6, 6.07) is 7.77. The van der Waals surface area contributed by atoms with Crippen molar-refractivity contribution in [2.24, 2.45) is 0 Å². The number of benzene rings is 2. The van der Waals surface area contributed by atoms with Gasteiger partial charge in [-0.25, -0.2) is 4.68 Å². The van der Waals surface area contributed by atoms with Crippen LogP contribution in [0, 0.1) is 6.92 Å². The van der Waals surface area contributed by atoms with E-state index in [0.29, 0.717) is 17.7 Å². The molecule has 4 aromatic rings. The van der Waals surface area contributed by atoms with Crippen molar-refractivity contribution in [3.63, 3.8) is 0 Å². The summed E-state index contributed by atoms with van der Waals surface area (Å²) < 4.78 is 99.4. The molecule has 1 aliphatic heterocycles. The molecular weight excluding hydrogens is 612 g/mol. The van der Waals surface area contributed by atoms with Crippen LogP contribution < -0.4 is 4.90 Å². The Hall–Kier alpha value is -3.56. The Morgan fingerprint density at radius 3 is 2.26 bits per heavy atom. The highest BCUT2D eigenvalue weighted by Crippen LogP contribution is 2.38. The first kappa shape index (κ1) is 29.9. The molecule has 1 aliphatic rings. The van der Waals surface area contributed by atoms with Gasteiger partial charge in [-0.05, 0) is 42.8 Å². The van der Waals surface area contributed by atoms with Crippen molar-refractivity contribution in [3.05, 3.63) is 81.1 Å². The van der Waals surface area contributed by atoms with Crippen LogP contribution in [0.1, 0.15) is 38.4 Å². The lowest BCUT2D eigenvalue weighted by Crippen LogP contribution is -2.42. The minimum Gasteiger partial charge on any atom is -0.616 e. The fraction of sp³-hybridized carbons (Fsp3) is 0.308. The maximum atomic E-state index is 14.0. The zero-order valence-electron chi connectivity index (χ0n) is 21.6. The molecule has 0 aliphatic carbocycles. The number of hydrogen-bond acceptors (Lipinski definition) is 7. The lowest BCUT2D eigenvalue weighted by Gasteiger charge is -2.30. The largest absolute Gasteiger partial charge is 0.616 e. The van der Waals surface area contributed by atoms with Gasteiger partial charge in [0, 0.05) is 5.56 Å². The summed E-state index contributed by atoms with van der Waals surface area (Å²) in [6.45, 7) is 1.31. The predicted molar refractivity (Wildman–Crippen MR) is 141 cm³/mol. The topological polar surface area (TPSA) is 100 Å². The third-order valence-electron chi connectivity index (χ3n) is 6.59. The third kappa shape index (κ3) is 5.99. The van der Waals surface area contributed by atoms with Crippen molar-refractivity contribution in [3.8, 4) is 11.3 Å². The standard InChI is InChI=1S/C26H20ClF6N5O3S/c1-14-20(23(41-35-14)18-4-2-3-5-19(18)27)22(39)21-24(37-6-8-42(40)9-7-37)38(36-34-21)13-15-10-16(25(28,29)30)12-17(11-15)26(31,32)33/h2-5,10-12H,6-9,13H2,1H3. The Labute approximate surface area is 242 Å². The number of alkyl halides is 6. The number of carbonyl (C=O) groups excluding carboxylic acids is 1. The van der Waals surface area contributed by atoms with Gasteiger partial charge in [0.25, 0.3) is 0 Å². The summed E-state index contributed by atoms with van der Waals surface area (Å²) in [7, 11) is 0. The first-order valence-electron chi connectivity index (χ1n) is 12.3. The lowest BCUT2D eigenvalue weighted by molar-refractivity contribution is -0.143. The fourth-order valence-corrected chi connectivity index (χ4v) is 5.87. The highest BCUT2D eigenvalue weighted by Gasteiger charge is 2.38. The molecule has 0 bridgehead atoms. The molecule has 0 amide bonds. The average molecular weight is 632 g/mol. The normalized spacial score (nSPS) is 14.9. The summed E-state index contributed by atoms with van der Waals surface area (Å²) >= 11 is 5.17. The number of rotatable bonds is 6. The van der Waals surface area contributed by atoms with Crippen molar-refractivity contribution in [2.45, 2.75) is 25.8 Å². The lowest BCUT2D eigenvalue weighted by atomic mass is 10.0. The molecule has 42 heavy (non-hydrogen) atoms. The Balaban J connectivity index is 1.61. The van der Waals surface area contributed by atoms with E-state index in [0.717, 1.165) is 4.68 Å². The van der Waals surface area contributed by atoms with E-state index in [-0.39, 0.29) is 69.8 Å². The molecular formula is C26H20ClF6N5O3S. The molecule has 2 aromatic heterocycles. The SMILES string of the molecule is Cc1noc(-c2ccccc2Cl)c1C(=O)c1nnn(Cc2cc(C(F)(F)F)cc(C(F)(F)F)c2)c1N1CC[S+]([O-])CC1. The smallest absolute Gasteiger partial charge is 0.416 e. The van der Waals surface area contributed by atoms with Crippen LogP contribution in [0.5, 0.6) is 0 Å². The van der Waals surface area contributed by atoms with E-state index >= 15 is 0 Å². The second-order valence-corrected chi connectivity index (χ2v) is 11.6. The second kappa shape index (κ2) is 11.3. The van der Waals surface area contributed by atoms with E-state index in [9.17, 15) is 35.7 Å². The van der Waals surface area contributed by atoms with Crippen LogP contribution in [0.3, 0.4) is 0 Å². The molecule has 5 rings (SSSR count). The number of aryl methyl sites for hydroxylation is 1. The molecule has 1 fully saturated rings. The number of anilines is 1. The first-order chi connectivity index (χ1) is 19.7. The van der Waals surface area contributed by atoms with Crippen LogP contribution in [-0.2, 0) is 30.1 Å². The Morgan fingerprint density at radius 2 is 1.67 bits per heavy atom. The summed E-state index contributed by atoms with van der Waals surface area (Å²) in [5.41, 5.74) is -2.98. The fourth-order valence-electron chi connectivity index (χ4n) is 4.59. The van der Waals surface area contributed by atoms with Crippen LogP contribution in [0.15, 0.2) is 47.0 Å². The number of nitrogens with zero attached hydrogens (tertiary/aromatic N) is 5. The monoisotopic (exact) mass is 631 g/mol. The van der Waals surface area contributed by atoms with Crippen molar-refractivity contribution in [1.29, 1.82) is 0 Å². The van der Waals surface area contributed by atoms with Crippen molar-refractivity contribution < 1.29 is 40.2 Å². The van der Waals surface area contributed by atoms with Crippen molar-refractivity contribution >= 4 is 34.4 Å². The van der Waals surface area contributed by atoms with Gasteiger partial charge in [-0.2, -0.15) is 26.3 Å². The van der Waals surface area contributed by atoms with Gasteiger partial charge in [-0.1, -0.05) is 45.3 Å². The molecule has 222 valence electrons. The van der Waals surface area contributed by atoms with Crippen molar-refractivity contribution in [2.75, 3.05) is 29.5 Å². The van der Waals surface area contributed by atoms with Gasteiger partial charge in [-0.15, -0.1) is 5.10 Å². The summed E-state index contributed by atoms with van der Waals surface area (Å²) in [6.07, 6.45) is -10.1. The summed E-state index contributed by atoms with van der Waals surface area (Å²) in [5.74, 6) is -0.156. The Bertz CT molecular complexity index is 1600. The van der Waals surface area contributed by atoms with E-state index < -0.39 is 47.0 Å². The molecule has 8 nitrogen and oxygen atoms in total. The summed E-state index contributed by atoms with van der Waals surface area (Å²) in [4.78, 5) is 15.6. The van der Waals surface area contributed by atoms with Gasteiger partial charge in [0.2, 0.25) is 5.78 Å². The molecule has 3 heterocycles. The molecule has 0 N–H and O–H groups in total. The molecule has 16 heteroatoms. The highest BCUT2D eigenvalue weighted by molar-refractivity contribution is 7.91. The zero-order chi connectivity index (χ0) is 30.4. The van der Waals surface area contributed by atoms with Crippen LogP contribution in [0.25, 0.3) is 11.3 Å². The van der Waals surface area contributed by atoms with Gasteiger partial charge < -0.3 is 14.0 Å². The highest BCUT2D eigenvalue weighted by atomic mass is 35.5. The minimum absolute atomic E-state index is 0.00964. The molecule has 0 unspecified atom stereocenters. The molecule has 0 saturated carbocycles. The number of halogens is 7. The number of hydrogen-bond donors (Lipinski definition) is 0. The van der Waals surface area contributed by atoms with E-state index in [4.69, 9.17) is 16.1 Å². The van der Waals surface area contributed by atoms with E-state index in [1.807, 2.05) is 0 Å². The van der Waals surface area contributed by atoms with Gasteiger partial charge in [0.1, 0.15) is 11.5 Å². The van der Waals surface area contributed by atoms with Crippen LogP contribution in [-0.4, -0.2) is 55.1 Å². The van der Waals surface area contributed by atoms with Gasteiger partial charge in [-0.3, -0.25) is 4.79 Å². The van der Waals surface area contributed by atoms with Gasteiger partial charge in [0.15, 0.2) is 17.3 Å². The van der Waals surface area contributed by atoms with E-state index in [1.165, 1.54) is 6.92 Å². The van der Waals surface area contributed by atoms with Crippen LogP contribution in [0.4, 0.5) is 32.2 Å². The van der Waals surface area contributed by atoms with E-state index in [2.05, 4.69) is 15.5 Å². The minimum atomic E-state index is -5.04. The first-order valence-corrected chi connectivity index (χ1v) is 14.2. The Morgan fingerprint density at radius 1 is 1.05 bits per heavy atom. The van der Waals surface area contributed by atoms with Crippen LogP contribution in [0.2, 0.25) is 5.02 Å². The third-order valence-corrected chi connectivity index (χ3v) is 8.19. The molecule has 0 atom stereocenters. The van der Waals surface area contributed by atoms with E-state index in [1.54, 1.807) is 29.2 Å². The predicted octanol–water partition coefficient (Wildman–Crippen LogP) is 5.78. The Kier molecular flexibility index (Phi) is 8.02. The molecule has 2 aromatic carbocycles. The van der Waals surface area contributed by atoms with Crippen molar-refractivity contribution in [1.82, 2.24) is 20.2 Å². The maximum absolute atomic E-state index is 14.0. The number of aromatic nitrogens is 4. The summed E-state index contributed by atoms with van der Waals surface area (Å²) in [5, 5.41) is 12.1. The molecule has 1 saturated heterocycles. The second-order valence-electron chi connectivity index (χ2n) is 9.45. The van der Waals surface area contributed by atoms with Gasteiger partial charge in [0.05, 0.1) is 47.0 Å². The average Bonchev–Trinajstić information content (AvgIpc) is 3.51. The molecule has 0 spiro atoms. The quantitative estimate of drug-likeness (QED) is 0.151. The maximum Gasteiger partial charge on any atom is 0.416 e. The van der Waals surface area contributed by atoms with Crippen LogP contribution >= 0.6 is 11.6 Å². The number of ketones is 1. The number of carbonyl (C=O) groups is 1. The zero-order valence-corrected chi connectivity index (χ0v) is 23.2. The van der Waals surface area contributed by atoms with Gasteiger partial charge >= 0.3 is 12.4 Å².